The molecule has 2 rings (SSSR count). The third kappa shape index (κ3) is 3.30. The van der Waals surface area contributed by atoms with Gasteiger partial charge in [0.05, 0.1) is 18.8 Å². The van der Waals surface area contributed by atoms with Gasteiger partial charge in [0.15, 0.2) is 0 Å². The third-order valence-electron chi connectivity index (χ3n) is 3.46. The Morgan fingerprint density at radius 2 is 2.00 bits per heavy atom. The summed E-state index contributed by atoms with van der Waals surface area (Å²) in [5, 5.41) is 19.3. The lowest BCUT2D eigenvalue weighted by Gasteiger charge is -2.42. The van der Waals surface area contributed by atoms with Gasteiger partial charge in [0.2, 0.25) is 0 Å². The van der Waals surface area contributed by atoms with Crippen molar-refractivity contribution >= 4 is 11.8 Å². The first-order valence-corrected chi connectivity index (χ1v) is 7.24. The van der Waals surface area contributed by atoms with E-state index in [2.05, 4.69) is 0 Å². The average molecular weight is 284 g/mol. The van der Waals surface area contributed by atoms with Gasteiger partial charge in [-0.3, -0.25) is 0 Å². The second-order valence-electron chi connectivity index (χ2n) is 4.71. The monoisotopic (exact) mass is 284 g/mol. The maximum absolute atomic E-state index is 10.0. The Morgan fingerprint density at radius 1 is 1.32 bits per heavy atom. The molecule has 5 atom stereocenters. The van der Waals surface area contributed by atoms with E-state index in [0.717, 1.165) is 4.90 Å². The molecule has 19 heavy (non-hydrogen) atoms. The lowest BCUT2D eigenvalue weighted by molar-refractivity contribution is -0.185. The SMILES string of the molecule is COC1C(Sc2ccccc2)OC(CO)[C@H](O)C1C. The maximum atomic E-state index is 10.0. The number of thioether (sulfide) groups is 1. The van der Waals surface area contributed by atoms with Gasteiger partial charge >= 0.3 is 0 Å². The zero-order valence-corrected chi connectivity index (χ0v) is 11.9. The molecule has 0 aliphatic carbocycles. The van der Waals surface area contributed by atoms with Crippen LogP contribution in [0.5, 0.6) is 0 Å². The smallest absolute Gasteiger partial charge is 0.134 e. The predicted molar refractivity (Wildman–Crippen MR) is 74.0 cm³/mol. The Labute approximate surface area is 117 Å². The highest BCUT2D eigenvalue weighted by Crippen LogP contribution is 2.36. The zero-order chi connectivity index (χ0) is 13.8. The van der Waals surface area contributed by atoms with E-state index in [9.17, 15) is 10.2 Å². The first-order valence-electron chi connectivity index (χ1n) is 6.36. The second kappa shape index (κ2) is 6.72. The molecule has 1 aromatic rings. The Morgan fingerprint density at radius 3 is 2.58 bits per heavy atom. The van der Waals surface area contributed by atoms with E-state index in [1.54, 1.807) is 18.9 Å². The van der Waals surface area contributed by atoms with Crippen molar-refractivity contribution in [2.45, 2.75) is 35.6 Å². The topological polar surface area (TPSA) is 58.9 Å². The van der Waals surface area contributed by atoms with Crippen LogP contribution in [0.25, 0.3) is 0 Å². The van der Waals surface area contributed by atoms with Crippen LogP contribution in [0, 0.1) is 5.92 Å². The van der Waals surface area contributed by atoms with E-state index in [-0.39, 0.29) is 24.1 Å². The molecular weight excluding hydrogens is 264 g/mol. The van der Waals surface area contributed by atoms with E-state index in [1.165, 1.54) is 0 Å². The lowest BCUT2D eigenvalue weighted by Crippen LogP contribution is -2.53. The van der Waals surface area contributed by atoms with Gasteiger partial charge in [-0.2, -0.15) is 0 Å². The summed E-state index contributed by atoms with van der Waals surface area (Å²) in [5.41, 5.74) is -0.233. The molecule has 1 fully saturated rings. The maximum Gasteiger partial charge on any atom is 0.134 e. The minimum Gasteiger partial charge on any atom is -0.394 e. The van der Waals surface area contributed by atoms with Crippen molar-refractivity contribution in [3.63, 3.8) is 0 Å². The summed E-state index contributed by atoms with van der Waals surface area (Å²) in [4.78, 5) is 1.08. The van der Waals surface area contributed by atoms with Crippen LogP contribution in [0.3, 0.4) is 0 Å². The molecule has 0 saturated carbocycles. The summed E-state index contributed by atoms with van der Waals surface area (Å²) in [5.74, 6) is -0.0860. The van der Waals surface area contributed by atoms with Crippen molar-refractivity contribution in [3.05, 3.63) is 30.3 Å². The quantitative estimate of drug-likeness (QED) is 0.877. The highest BCUT2D eigenvalue weighted by Gasteiger charge is 2.43. The van der Waals surface area contributed by atoms with Crippen LogP contribution in [-0.2, 0) is 9.47 Å². The number of benzene rings is 1. The van der Waals surface area contributed by atoms with E-state index in [1.807, 2.05) is 37.3 Å². The van der Waals surface area contributed by atoms with Crippen LogP contribution in [0.2, 0.25) is 0 Å². The standard InChI is InChI=1S/C14H20O4S/c1-9-12(16)11(8-15)18-14(13(9)17-2)19-10-6-4-3-5-7-10/h3-7,9,11-16H,8H2,1-2H3/t9?,11?,12-,13?,14?/m1/s1. The van der Waals surface area contributed by atoms with Crippen LogP contribution in [0.4, 0.5) is 0 Å². The van der Waals surface area contributed by atoms with E-state index >= 15 is 0 Å². The van der Waals surface area contributed by atoms with Gasteiger partial charge in [0.25, 0.3) is 0 Å². The molecule has 0 aromatic heterocycles. The molecule has 0 spiro atoms. The number of hydrogen-bond donors (Lipinski definition) is 2. The Hall–Kier alpha value is -0.590. The largest absolute Gasteiger partial charge is 0.394 e. The summed E-state index contributed by atoms with van der Waals surface area (Å²) >= 11 is 1.55. The van der Waals surface area contributed by atoms with Crippen molar-refractivity contribution in [1.29, 1.82) is 0 Å². The van der Waals surface area contributed by atoms with Crippen molar-refractivity contribution in [1.82, 2.24) is 0 Å². The van der Waals surface area contributed by atoms with Gasteiger partial charge in [-0.05, 0) is 12.1 Å². The second-order valence-corrected chi connectivity index (χ2v) is 5.88. The highest BCUT2D eigenvalue weighted by atomic mass is 32.2. The molecule has 1 aromatic carbocycles. The third-order valence-corrected chi connectivity index (χ3v) is 4.62. The molecule has 0 radical (unpaired) electrons. The summed E-state index contributed by atoms with van der Waals surface area (Å²) in [6.07, 6.45) is -1.46. The molecule has 1 aliphatic rings. The summed E-state index contributed by atoms with van der Waals surface area (Å²) in [7, 11) is 1.62. The first-order chi connectivity index (χ1) is 9.17. The normalized spacial score (nSPS) is 35.3. The fourth-order valence-electron chi connectivity index (χ4n) is 2.32. The van der Waals surface area contributed by atoms with E-state index in [4.69, 9.17) is 9.47 Å². The number of aliphatic hydroxyl groups excluding tert-OH is 2. The van der Waals surface area contributed by atoms with E-state index in [0.29, 0.717) is 0 Å². The van der Waals surface area contributed by atoms with Gasteiger partial charge in [-0.25, -0.2) is 0 Å². The van der Waals surface area contributed by atoms with Gasteiger partial charge < -0.3 is 19.7 Å². The van der Waals surface area contributed by atoms with Crippen molar-refractivity contribution in [2.24, 2.45) is 5.92 Å². The number of ether oxygens (including phenoxy) is 2. The fourth-order valence-corrected chi connectivity index (χ4v) is 3.59. The number of aliphatic hydroxyl groups is 2. The predicted octanol–water partition coefficient (Wildman–Crippen LogP) is 1.51. The number of rotatable bonds is 4. The average Bonchev–Trinajstić information content (AvgIpc) is 2.44. The molecule has 0 amide bonds. The van der Waals surface area contributed by atoms with Crippen molar-refractivity contribution in [3.8, 4) is 0 Å². The van der Waals surface area contributed by atoms with Gasteiger partial charge in [0.1, 0.15) is 11.5 Å². The Kier molecular flexibility index (Phi) is 5.24. The minimum atomic E-state index is -0.706. The Bertz CT molecular complexity index is 386. The molecule has 0 bridgehead atoms. The first kappa shape index (κ1) is 14.8. The number of methoxy groups -OCH3 is 1. The summed E-state index contributed by atoms with van der Waals surface area (Å²) in [6, 6.07) is 9.90. The lowest BCUT2D eigenvalue weighted by atomic mass is 9.91. The molecule has 1 saturated heterocycles. The van der Waals surface area contributed by atoms with E-state index < -0.39 is 12.2 Å². The fraction of sp³-hybridized carbons (Fsp3) is 0.571. The van der Waals surface area contributed by atoms with Crippen LogP contribution in [-0.4, -0.2) is 47.7 Å². The van der Waals surface area contributed by atoms with Crippen LogP contribution >= 0.6 is 11.8 Å². The number of hydrogen-bond acceptors (Lipinski definition) is 5. The van der Waals surface area contributed by atoms with Crippen molar-refractivity contribution in [2.75, 3.05) is 13.7 Å². The minimum absolute atomic E-state index is 0.0860. The molecule has 106 valence electrons. The van der Waals surface area contributed by atoms with Gasteiger partial charge in [-0.15, -0.1) is 0 Å². The Balaban J connectivity index is 2.12. The molecule has 1 heterocycles. The van der Waals surface area contributed by atoms with Crippen LogP contribution < -0.4 is 0 Å². The highest BCUT2D eigenvalue weighted by molar-refractivity contribution is 7.99. The molecule has 2 N–H and O–H groups in total. The molecule has 5 heteroatoms. The van der Waals surface area contributed by atoms with Gasteiger partial charge in [-0.1, -0.05) is 36.9 Å². The van der Waals surface area contributed by atoms with Gasteiger partial charge in [0, 0.05) is 17.9 Å². The summed E-state index contributed by atoms with van der Waals surface area (Å²) < 4.78 is 11.2. The van der Waals surface area contributed by atoms with Crippen LogP contribution in [0.15, 0.2) is 35.2 Å². The molecule has 4 nitrogen and oxygen atoms in total. The van der Waals surface area contributed by atoms with Crippen LogP contribution in [0.1, 0.15) is 6.92 Å². The zero-order valence-electron chi connectivity index (χ0n) is 11.1. The molecular formula is C14H20O4S. The summed E-state index contributed by atoms with van der Waals surface area (Å²) in [6.45, 7) is 1.73. The molecule has 1 aliphatic heterocycles. The van der Waals surface area contributed by atoms with Crippen molar-refractivity contribution < 1.29 is 19.7 Å². The molecule has 4 unspecified atom stereocenters.